The van der Waals surface area contributed by atoms with Crippen LogP contribution in [0.5, 0.6) is 0 Å². The molecule has 0 fully saturated rings. The number of carbonyl (C=O) groups is 1. The van der Waals surface area contributed by atoms with Gasteiger partial charge in [-0.3, -0.25) is 4.79 Å². The van der Waals surface area contributed by atoms with Gasteiger partial charge in [0.25, 0.3) is 0 Å². The summed E-state index contributed by atoms with van der Waals surface area (Å²) in [5.41, 5.74) is 2.01. The fourth-order valence-corrected chi connectivity index (χ4v) is 1.23. The molecule has 0 atom stereocenters. The van der Waals surface area contributed by atoms with Gasteiger partial charge in [0, 0.05) is 13.5 Å². The van der Waals surface area contributed by atoms with E-state index >= 15 is 0 Å². The molecule has 0 bridgehead atoms. The second-order valence-electron chi connectivity index (χ2n) is 2.69. The zero-order valence-electron chi connectivity index (χ0n) is 9.26. The first kappa shape index (κ1) is 12.7. The molecule has 0 aromatic heterocycles. The summed E-state index contributed by atoms with van der Waals surface area (Å²) in [6, 6.07) is 0. The molecule has 80 valence electrons. The number of amides is 1. The van der Waals surface area contributed by atoms with Crippen molar-refractivity contribution in [3.8, 4) is 0 Å². The number of rotatable bonds is 2. The standard InChI is InChI=1S/C10H13NO.C2H6.H2/c1-3-5-8-6-7-10(12)11-9(8)4-2;1-2;/h3-5H,2,6-7H2,1H3,(H,11,12);1-2H3;1H/b5-3-;;. The third-order valence-electron chi connectivity index (χ3n) is 1.81. The van der Waals surface area contributed by atoms with E-state index in [-0.39, 0.29) is 7.33 Å². The normalized spacial score (nSPS) is 16.1. The zero-order chi connectivity index (χ0) is 11.0. The van der Waals surface area contributed by atoms with Gasteiger partial charge in [0.05, 0.1) is 0 Å². The Morgan fingerprint density at radius 3 is 2.57 bits per heavy atom. The molecule has 2 nitrogen and oxygen atoms in total. The Labute approximate surface area is 87.9 Å². The molecule has 1 aliphatic heterocycles. The lowest BCUT2D eigenvalue weighted by Crippen LogP contribution is -2.26. The molecule has 1 amide bonds. The van der Waals surface area contributed by atoms with E-state index in [1.165, 1.54) is 0 Å². The molecule has 1 heterocycles. The molecule has 0 spiro atoms. The summed E-state index contributed by atoms with van der Waals surface area (Å²) in [7, 11) is 0. The van der Waals surface area contributed by atoms with Crippen LogP contribution < -0.4 is 5.32 Å². The van der Waals surface area contributed by atoms with Gasteiger partial charge in [-0.25, -0.2) is 0 Å². The highest BCUT2D eigenvalue weighted by atomic mass is 16.1. The van der Waals surface area contributed by atoms with E-state index < -0.39 is 0 Å². The minimum atomic E-state index is 0. The van der Waals surface area contributed by atoms with Gasteiger partial charge in [-0.15, -0.1) is 0 Å². The van der Waals surface area contributed by atoms with Crippen LogP contribution in [0.25, 0.3) is 0 Å². The van der Waals surface area contributed by atoms with Crippen LogP contribution >= 0.6 is 0 Å². The Hall–Kier alpha value is -1.31. The van der Waals surface area contributed by atoms with Crippen molar-refractivity contribution in [1.82, 2.24) is 5.32 Å². The molecular formula is C12H21NO. The molecule has 0 unspecified atom stereocenters. The Bertz CT molecular complexity index is 267. The molecule has 0 aromatic carbocycles. The molecular weight excluding hydrogens is 174 g/mol. The van der Waals surface area contributed by atoms with Crippen LogP contribution in [0.15, 0.2) is 36.1 Å². The molecule has 1 N–H and O–H groups in total. The van der Waals surface area contributed by atoms with Crippen LogP contribution in [0.1, 0.15) is 35.0 Å². The topological polar surface area (TPSA) is 29.1 Å². The van der Waals surface area contributed by atoms with Crippen molar-refractivity contribution in [3.05, 3.63) is 36.1 Å². The summed E-state index contributed by atoms with van der Waals surface area (Å²) >= 11 is 0. The van der Waals surface area contributed by atoms with E-state index in [4.69, 9.17) is 0 Å². The van der Waals surface area contributed by atoms with E-state index in [9.17, 15) is 4.79 Å². The van der Waals surface area contributed by atoms with E-state index in [0.29, 0.717) is 6.42 Å². The number of hydrogen-bond donors (Lipinski definition) is 1. The molecule has 2 heteroatoms. The van der Waals surface area contributed by atoms with Crippen LogP contribution in [0, 0.1) is 0 Å². The second kappa shape index (κ2) is 7.13. The second-order valence-corrected chi connectivity index (χ2v) is 2.69. The maximum Gasteiger partial charge on any atom is 0.224 e. The zero-order valence-corrected chi connectivity index (χ0v) is 9.26. The average Bonchev–Trinajstić information content (AvgIpc) is 2.24. The van der Waals surface area contributed by atoms with Gasteiger partial charge in [-0.1, -0.05) is 32.6 Å². The number of carbonyl (C=O) groups excluding carboxylic acids is 1. The van der Waals surface area contributed by atoms with Crippen molar-refractivity contribution >= 4 is 5.91 Å². The maximum atomic E-state index is 11.0. The average molecular weight is 195 g/mol. The summed E-state index contributed by atoms with van der Waals surface area (Å²) in [6.07, 6.45) is 7.06. The van der Waals surface area contributed by atoms with Crippen LogP contribution in [0.3, 0.4) is 0 Å². The van der Waals surface area contributed by atoms with Crippen LogP contribution in [0.4, 0.5) is 0 Å². The van der Waals surface area contributed by atoms with Gasteiger partial charge in [-0.05, 0) is 25.0 Å². The highest BCUT2D eigenvalue weighted by molar-refractivity contribution is 5.80. The quantitative estimate of drug-likeness (QED) is 0.720. The van der Waals surface area contributed by atoms with Gasteiger partial charge in [0.2, 0.25) is 5.91 Å². The number of nitrogens with one attached hydrogen (secondary N) is 1. The molecule has 0 aromatic rings. The maximum absolute atomic E-state index is 11.0. The van der Waals surface area contributed by atoms with Crippen molar-refractivity contribution in [3.63, 3.8) is 0 Å². The van der Waals surface area contributed by atoms with Crippen molar-refractivity contribution in [2.75, 3.05) is 0 Å². The number of allylic oxidation sites excluding steroid dienone is 4. The SMILES string of the molecule is C=CC1=C(/C=C\C)CCC(=O)N1.CC.[HH]. The first-order chi connectivity index (χ1) is 6.77. The lowest BCUT2D eigenvalue weighted by molar-refractivity contribution is -0.120. The first-order valence-electron chi connectivity index (χ1n) is 5.06. The minimum absolute atomic E-state index is 0. The molecule has 0 radical (unpaired) electrons. The van der Waals surface area contributed by atoms with Crippen molar-refractivity contribution in [1.29, 1.82) is 0 Å². The third-order valence-corrected chi connectivity index (χ3v) is 1.81. The predicted octanol–water partition coefficient (Wildman–Crippen LogP) is 3.18. The molecule has 0 saturated carbocycles. The van der Waals surface area contributed by atoms with E-state index in [2.05, 4.69) is 11.9 Å². The van der Waals surface area contributed by atoms with Gasteiger partial charge in [0.1, 0.15) is 0 Å². The summed E-state index contributed by atoms with van der Waals surface area (Å²) < 4.78 is 0. The smallest absolute Gasteiger partial charge is 0.224 e. The van der Waals surface area contributed by atoms with Gasteiger partial charge in [-0.2, -0.15) is 0 Å². The minimum Gasteiger partial charge on any atom is -0.326 e. The fraction of sp³-hybridized carbons (Fsp3) is 0.417. The predicted molar refractivity (Wildman–Crippen MR) is 62.9 cm³/mol. The lowest BCUT2D eigenvalue weighted by Gasteiger charge is -2.16. The Kier molecular flexibility index (Phi) is 6.46. The Morgan fingerprint density at radius 1 is 1.43 bits per heavy atom. The van der Waals surface area contributed by atoms with Crippen LogP contribution in [-0.4, -0.2) is 5.91 Å². The highest BCUT2D eigenvalue weighted by Gasteiger charge is 2.12. The van der Waals surface area contributed by atoms with Crippen molar-refractivity contribution in [2.45, 2.75) is 33.6 Å². The molecule has 1 aliphatic rings. The van der Waals surface area contributed by atoms with Crippen molar-refractivity contribution < 1.29 is 6.22 Å². The highest BCUT2D eigenvalue weighted by Crippen LogP contribution is 2.16. The Morgan fingerprint density at radius 2 is 2.07 bits per heavy atom. The Balaban J connectivity index is 0. The first-order valence-corrected chi connectivity index (χ1v) is 5.06. The fourth-order valence-electron chi connectivity index (χ4n) is 1.23. The van der Waals surface area contributed by atoms with E-state index in [0.717, 1.165) is 17.7 Å². The molecule has 14 heavy (non-hydrogen) atoms. The summed E-state index contributed by atoms with van der Waals surface area (Å²) in [6.45, 7) is 9.61. The monoisotopic (exact) mass is 195 g/mol. The summed E-state index contributed by atoms with van der Waals surface area (Å²) in [5.74, 6) is 0.0816. The largest absolute Gasteiger partial charge is 0.326 e. The van der Waals surface area contributed by atoms with Crippen LogP contribution in [0.2, 0.25) is 0 Å². The summed E-state index contributed by atoms with van der Waals surface area (Å²) in [4.78, 5) is 11.0. The van der Waals surface area contributed by atoms with E-state index in [1.807, 2.05) is 32.9 Å². The van der Waals surface area contributed by atoms with Gasteiger partial charge in [0.15, 0.2) is 0 Å². The van der Waals surface area contributed by atoms with Crippen LogP contribution in [-0.2, 0) is 4.79 Å². The van der Waals surface area contributed by atoms with Gasteiger partial charge < -0.3 is 5.32 Å². The molecule has 0 saturated heterocycles. The summed E-state index contributed by atoms with van der Waals surface area (Å²) in [5, 5.41) is 2.77. The third kappa shape index (κ3) is 3.60. The van der Waals surface area contributed by atoms with Crippen molar-refractivity contribution in [2.24, 2.45) is 0 Å². The van der Waals surface area contributed by atoms with Gasteiger partial charge >= 0.3 is 0 Å². The van der Waals surface area contributed by atoms with E-state index in [1.54, 1.807) is 6.08 Å². The molecule has 0 aliphatic carbocycles. The lowest BCUT2D eigenvalue weighted by atomic mass is 10.0. The number of hydrogen-bond acceptors (Lipinski definition) is 1. The molecule has 1 rings (SSSR count).